The Labute approximate surface area is 208 Å². The van der Waals surface area contributed by atoms with Crippen molar-refractivity contribution in [2.75, 3.05) is 0 Å². The summed E-state index contributed by atoms with van der Waals surface area (Å²) in [6.07, 6.45) is 5.64. The van der Waals surface area contributed by atoms with Gasteiger partial charge in [0.2, 0.25) is 5.78 Å². The van der Waals surface area contributed by atoms with E-state index in [0.717, 1.165) is 67.0 Å². The van der Waals surface area contributed by atoms with Crippen LogP contribution in [0.3, 0.4) is 0 Å². The van der Waals surface area contributed by atoms with E-state index in [1.165, 1.54) is 0 Å². The Hall–Kier alpha value is -4.83. The highest BCUT2D eigenvalue weighted by molar-refractivity contribution is 5.99. The normalized spacial score (nSPS) is 12.0. The molecule has 7 aromatic rings. The van der Waals surface area contributed by atoms with Gasteiger partial charge in [0.25, 0.3) is 0 Å². The molecule has 0 amide bonds. The number of hydrogen-bond acceptors (Lipinski definition) is 2. The zero-order valence-electron chi connectivity index (χ0n) is 19.8. The third-order valence-electron chi connectivity index (χ3n) is 6.91. The van der Waals surface area contributed by atoms with Crippen molar-refractivity contribution in [2.24, 2.45) is 0 Å². The molecule has 4 nitrogen and oxygen atoms in total. The fourth-order valence-electron chi connectivity index (χ4n) is 5.20. The maximum atomic E-state index is 6.36. The maximum absolute atomic E-state index is 6.36. The standard InChI is InChI=1S/C32H23N3O/c1-3-4-17-30-21(2)24-13-10-14-25(31(24)36-30)22-18-19-28-29(20-22)35-27-16-9-8-15-26(27)33-32(35)34(28)23-11-6-5-7-12-23/h3-20H,1H2,2H3/b17-4-. The van der Waals surface area contributed by atoms with Crippen molar-refractivity contribution in [3.8, 4) is 16.8 Å². The number of nitrogens with zero attached hydrogens (tertiary/aromatic N) is 3. The largest absolute Gasteiger partial charge is 0.456 e. The predicted molar refractivity (Wildman–Crippen MR) is 149 cm³/mol. The van der Waals surface area contributed by atoms with Gasteiger partial charge in [0.1, 0.15) is 11.3 Å². The highest BCUT2D eigenvalue weighted by atomic mass is 16.3. The molecule has 0 bridgehead atoms. The number of aryl methyl sites for hydroxylation is 1. The zero-order valence-corrected chi connectivity index (χ0v) is 19.8. The second kappa shape index (κ2) is 7.85. The van der Waals surface area contributed by atoms with Crippen LogP contribution in [-0.2, 0) is 0 Å². The number of fused-ring (bicyclic) bond motifs is 6. The van der Waals surface area contributed by atoms with E-state index in [2.05, 4.69) is 101 Å². The van der Waals surface area contributed by atoms with Crippen LogP contribution in [0.5, 0.6) is 0 Å². The minimum absolute atomic E-state index is 0.858. The highest BCUT2D eigenvalue weighted by Gasteiger charge is 2.19. The fourth-order valence-corrected chi connectivity index (χ4v) is 5.20. The average molecular weight is 466 g/mol. The first-order valence-corrected chi connectivity index (χ1v) is 12.0. The molecule has 7 rings (SSSR count). The van der Waals surface area contributed by atoms with E-state index < -0.39 is 0 Å². The topological polar surface area (TPSA) is 35.4 Å². The SMILES string of the molecule is C=C/C=C\c1oc2c(-c3ccc4c(c3)n3c5ccccc5nc3n4-c3ccccc3)cccc2c1C. The molecule has 0 aliphatic carbocycles. The predicted octanol–water partition coefficient (Wildman–Crippen LogP) is 8.35. The van der Waals surface area contributed by atoms with Gasteiger partial charge in [-0.15, -0.1) is 0 Å². The first-order valence-electron chi connectivity index (χ1n) is 12.0. The van der Waals surface area contributed by atoms with Crippen molar-refractivity contribution in [3.63, 3.8) is 0 Å². The van der Waals surface area contributed by atoms with Crippen LogP contribution in [0, 0.1) is 6.92 Å². The van der Waals surface area contributed by atoms with E-state index in [0.29, 0.717) is 0 Å². The highest BCUT2D eigenvalue weighted by Crippen LogP contribution is 2.37. The number of hydrogen-bond donors (Lipinski definition) is 0. The Morgan fingerprint density at radius 3 is 2.53 bits per heavy atom. The summed E-state index contributed by atoms with van der Waals surface area (Å²) in [7, 11) is 0. The summed E-state index contributed by atoms with van der Waals surface area (Å²) in [4.78, 5) is 5.02. The summed E-state index contributed by atoms with van der Waals surface area (Å²) < 4.78 is 10.8. The molecule has 4 aromatic carbocycles. The van der Waals surface area contributed by atoms with Crippen LogP contribution in [0.25, 0.3) is 61.7 Å². The van der Waals surface area contributed by atoms with Crippen LogP contribution in [-0.4, -0.2) is 14.0 Å². The van der Waals surface area contributed by atoms with Gasteiger partial charge >= 0.3 is 0 Å². The second-order valence-corrected chi connectivity index (χ2v) is 8.98. The Balaban J connectivity index is 1.54. The van der Waals surface area contributed by atoms with Gasteiger partial charge in [0.05, 0.1) is 22.1 Å². The maximum Gasteiger partial charge on any atom is 0.220 e. The molecule has 0 aliphatic heterocycles. The van der Waals surface area contributed by atoms with E-state index in [1.807, 2.05) is 24.3 Å². The number of para-hydroxylation sites is 4. The molecule has 0 saturated carbocycles. The van der Waals surface area contributed by atoms with Crippen molar-refractivity contribution in [3.05, 3.63) is 121 Å². The zero-order chi connectivity index (χ0) is 24.2. The molecule has 0 saturated heterocycles. The Kier molecular flexibility index (Phi) is 4.48. The molecular weight excluding hydrogens is 442 g/mol. The number of allylic oxidation sites excluding steroid dienone is 2. The number of aromatic nitrogens is 3. The average Bonchev–Trinajstić information content (AvgIpc) is 3.56. The molecule has 0 unspecified atom stereocenters. The quantitative estimate of drug-likeness (QED) is 0.245. The number of furan rings is 1. The van der Waals surface area contributed by atoms with Gasteiger partial charge in [-0.3, -0.25) is 8.97 Å². The lowest BCUT2D eigenvalue weighted by Crippen LogP contribution is -1.94. The van der Waals surface area contributed by atoms with Crippen molar-refractivity contribution in [1.29, 1.82) is 0 Å². The van der Waals surface area contributed by atoms with Crippen LogP contribution in [0.2, 0.25) is 0 Å². The summed E-state index contributed by atoms with van der Waals surface area (Å²) in [6, 6.07) is 31.7. The molecule has 0 radical (unpaired) electrons. The van der Waals surface area contributed by atoms with Gasteiger partial charge in [-0.05, 0) is 55.0 Å². The summed E-state index contributed by atoms with van der Waals surface area (Å²) in [5.74, 6) is 1.76. The summed E-state index contributed by atoms with van der Waals surface area (Å²) in [5.41, 5.74) is 9.56. The van der Waals surface area contributed by atoms with Crippen LogP contribution < -0.4 is 0 Å². The Bertz CT molecular complexity index is 1970. The molecule has 0 spiro atoms. The summed E-state index contributed by atoms with van der Waals surface area (Å²) >= 11 is 0. The first-order chi connectivity index (χ1) is 17.7. The third-order valence-corrected chi connectivity index (χ3v) is 6.91. The number of benzene rings is 4. The second-order valence-electron chi connectivity index (χ2n) is 8.98. The molecule has 0 atom stereocenters. The molecule has 3 aromatic heterocycles. The molecule has 0 N–H and O–H groups in total. The van der Waals surface area contributed by atoms with Crippen molar-refractivity contribution < 1.29 is 4.42 Å². The third kappa shape index (κ3) is 2.91. The van der Waals surface area contributed by atoms with Crippen molar-refractivity contribution >= 4 is 44.9 Å². The number of rotatable bonds is 4. The van der Waals surface area contributed by atoms with Gasteiger partial charge in [0, 0.05) is 22.2 Å². The fraction of sp³-hybridized carbons (Fsp3) is 0.0312. The minimum Gasteiger partial charge on any atom is -0.456 e. The lowest BCUT2D eigenvalue weighted by molar-refractivity contribution is 0.602. The molecule has 4 heteroatoms. The molecule has 3 heterocycles. The van der Waals surface area contributed by atoms with Gasteiger partial charge in [0.15, 0.2) is 0 Å². The minimum atomic E-state index is 0.858. The lowest BCUT2D eigenvalue weighted by Gasteiger charge is -2.07. The molecule has 0 aliphatic rings. The van der Waals surface area contributed by atoms with Crippen LogP contribution in [0.4, 0.5) is 0 Å². The number of imidazole rings is 2. The van der Waals surface area contributed by atoms with Crippen molar-refractivity contribution in [1.82, 2.24) is 14.0 Å². The Morgan fingerprint density at radius 2 is 1.67 bits per heavy atom. The van der Waals surface area contributed by atoms with E-state index in [1.54, 1.807) is 6.08 Å². The van der Waals surface area contributed by atoms with Gasteiger partial charge in [-0.1, -0.05) is 73.3 Å². The van der Waals surface area contributed by atoms with Crippen LogP contribution in [0.15, 0.2) is 114 Å². The van der Waals surface area contributed by atoms with Gasteiger partial charge < -0.3 is 4.42 Å². The monoisotopic (exact) mass is 465 g/mol. The first kappa shape index (κ1) is 20.5. The van der Waals surface area contributed by atoms with E-state index in [4.69, 9.17) is 9.40 Å². The van der Waals surface area contributed by atoms with Crippen LogP contribution in [0.1, 0.15) is 11.3 Å². The van der Waals surface area contributed by atoms with Gasteiger partial charge in [-0.25, -0.2) is 4.98 Å². The Morgan fingerprint density at radius 1 is 0.833 bits per heavy atom. The van der Waals surface area contributed by atoms with E-state index >= 15 is 0 Å². The van der Waals surface area contributed by atoms with E-state index in [9.17, 15) is 0 Å². The lowest BCUT2D eigenvalue weighted by atomic mass is 10.0. The smallest absolute Gasteiger partial charge is 0.220 e. The molecular formula is C32H23N3O. The molecule has 36 heavy (non-hydrogen) atoms. The van der Waals surface area contributed by atoms with Gasteiger partial charge in [-0.2, -0.15) is 0 Å². The van der Waals surface area contributed by atoms with E-state index in [-0.39, 0.29) is 0 Å². The van der Waals surface area contributed by atoms with Crippen molar-refractivity contribution in [2.45, 2.75) is 6.92 Å². The van der Waals surface area contributed by atoms with Crippen LogP contribution >= 0.6 is 0 Å². The molecule has 0 fully saturated rings. The summed E-state index contributed by atoms with van der Waals surface area (Å²) in [6.45, 7) is 5.88. The molecule has 172 valence electrons. The summed E-state index contributed by atoms with van der Waals surface area (Å²) in [5, 5.41) is 1.12.